The van der Waals surface area contributed by atoms with Crippen molar-refractivity contribution >= 4 is 15.9 Å². The van der Waals surface area contributed by atoms with Gasteiger partial charge in [-0.1, -0.05) is 34.1 Å². The smallest absolute Gasteiger partial charge is 0.0543 e. The number of piperidine rings is 1. The zero-order valence-electron chi connectivity index (χ0n) is 11.5. The molecule has 1 aromatic carbocycles. The predicted molar refractivity (Wildman–Crippen MR) is 85.6 cm³/mol. The molecule has 0 N–H and O–H groups in total. The normalized spacial score (nSPS) is 19.9. The van der Waals surface area contributed by atoms with E-state index in [0.717, 1.165) is 13.1 Å². The van der Waals surface area contributed by atoms with Crippen molar-refractivity contribution in [1.29, 1.82) is 0 Å². The van der Waals surface area contributed by atoms with E-state index in [1.807, 2.05) is 12.3 Å². The van der Waals surface area contributed by atoms with Crippen LogP contribution in [0.25, 0.3) is 0 Å². The molecule has 0 amide bonds. The molecule has 104 valence electrons. The average Bonchev–Trinajstić information content (AvgIpc) is 2.49. The fourth-order valence-electron chi connectivity index (χ4n) is 2.95. The van der Waals surface area contributed by atoms with E-state index in [0.29, 0.717) is 5.92 Å². The van der Waals surface area contributed by atoms with Gasteiger partial charge in [0.2, 0.25) is 0 Å². The number of rotatable bonds is 3. The minimum atomic E-state index is 0.643. The molecule has 3 rings (SSSR count). The molecular weight excluding hydrogens is 312 g/mol. The van der Waals surface area contributed by atoms with E-state index < -0.39 is 0 Å². The highest BCUT2D eigenvalue weighted by molar-refractivity contribution is 9.10. The first-order valence-electron chi connectivity index (χ1n) is 7.19. The Morgan fingerprint density at radius 1 is 1.20 bits per heavy atom. The van der Waals surface area contributed by atoms with E-state index in [9.17, 15) is 0 Å². The van der Waals surface area contributed by atoms with Gasteiger partial charge in [-0.15, -0.1) is 0 Å². The Balaban J connectivity index is 1.67. The van der Waals surface area contributed by atoms with E-state index in [-0.39, 0.29) is 0 Å². The topological polar surface area (TPSA) is 16.1 Å². The second kappa shape index (κ2) is 6.51. The second-order valence-electron chi connectivity index (χ2n) is 5.45. The fourth-order valence-corrected chi connectivity index (χ4v) is 3.37. The van der Waals surface area contributed by atoms with Crippen LogP contribution in [0.4, 0.5) is 0 Å². The van der Waals surface area contributed by atoms with Crippen LogP contribution in [0.15, 0.2) is 53.1 Å². The molecule has 1 fully saturated rings. The Morgan fingerprint density at radius 2 is 2.15 bits per heavy atom. The van der Waals surface area contributed by atoms with Gasteiger partial charge >= 0.3 is 0 Å². The van der Waals surface area contributed by atoms with Crippen LogP contribution in [0, 0.1) is 0 Å². The van der Waals surface area contributed by atoms with Gasteiger partial charge in [-0.2, -0.15) is 0 Å². The molecule has 0 aliphatic carbocycles. The lowest BCUT2D eigenvalue weighted by molar-refractivity contribution is 0.198. The predicted octanol–water partition coefficient (Wildman–Crippen LogP) is 4.22. The molecule has 1 aliphatic heterocycles. The van der Waals surface area contributed by atoms with Gasteiger partial charge in [0.25, 0.3) is 0 Å². The van der Waals surface area contributed by atoms with Gasteiger partial charge in [0.05, 0.1) is 5.69 Å². The molecule has 20 heavy (non-hydrogen) atoms. The van der Waals surface area contributed by atoms with Crippen molar-refractivity contribution in [3.8, 4) is 0 Å². The molecule has 0 radical (unpaired) electrons. The minimum absolute atomic E-state index is 0.643. The summed E-state index contributed by atoms with van der Waals surface area (Å²) < 4.78 is 1.18. The zero-order valence-corrected chi connectivity index (χ0v) is 13.1. The molecule has 0 spiro atoms. The quantitative estimate of drug-likeness (QED) is 0.837. The maximum absolute atomic E-state index is 4.44. The van der Waals surface area contributed by atoms with Crippen molar-refractivity contribution in [3.05, 3.63) is 64.4 Å². The molecule has 2 aromatic rings. The van der Waals surface area contributed by atoms with E-state index in [1.165, 1.54) is 35.1 Å². The number of halogens is 1. The molecule has 1 unspecified atom stereocenters. The lowest BCUT2D eigenvalue weighted by Gasteiger charge is -2.32. The average molecular weight is 331 g/mol. The molecule has 1 aromatic heterocycles. The van der Waals surface area contributed by atoms with Crippen LogP contribution >= 0.6 is 15.9 Å². The first kappa shape index (κ1) is 13.8. The van der Waals surface area contributed by atoms with Gasteiger partial charge in [-0.25, -0.2) is 0 Å². The fraction of sp³-hybridized carbons (Fsp3) is 0.353. The summed E-state index contributed by atoms with van der Waals surface area (Å²) in [4.78, 5) is 6.96. The summed E-state index contributed by atoms with van der Waals surface area (Å²) in [6, 6.07) is 14.9. The van der Waals surface area contributed by atoms with E-state index in [1.54, 1.807) is 0 Å². The SMILES string of the molecule is Brc1cccc(C2CCCN(Cc3ccccn3)C2)c1. The summed E-state index contributed by atoms with van der Waals surface area (Å²) >= 11 is 3.57. The number of pyridine rings is 1. The third-order valence-corrected chi connectivity index (χ3v) is 4.43. The molecule has 2 heterocycles. The monoisotopic (exact) mass is 330 g/mol. The standard InChI is InChI=1S/C17H19BrN2/c18-16-7-3-5-14(11-16)15-6-4-10-20(12-15)13-17-8-1-2-9-19-17/h1-3,5,7-9,11,15H,4,6,10,12-13H2. The van der Waals surface area contributed by atoms with Gasteiger partial charge in [-0.3, -0.25) is 9.88 Å². The molecule has 0 bridgehead atoms. The minimum Gasteiger partial charge on any atom is -0.297 e. The number of likely N-dealkylation sites (tertiary alicyclic amines) is 1. The summed E-state index contributed by atoms with van der Waals surface area (Å²) in [5.74, 6) is 0.643. The number of nitrogens with zero attached hydrogens (tertiary/aromatic N) is 2. The van der Waals surface area contributed by atoms with Crippen LogP contribution in [0.1, 0.15) is 30.0 Å². The van der Waals surface area contributed by atoms with Crippen LogP contribution < -0.4 is 0 Å². The molecule has 3 heteroatoms. The Labute approximate surface area is 129 Å². The molecule has 2 nitrogen and oxygen atoms in total. The molecule has 1 atom stereocenters. The van der Waals surface area contributed by atoms with Crippen molar-refractivity contribution < 1.29 is 0 Å². The highest BCUT2D eigenvalue weighted by Gasteiger charge is 2.21. The van der Waals surface area contributed by atoms with Crippen LogP contribution in [0.5, 0.6) is 0 Å². The van der Waals surface area contributed by atoms with Crippen molar-refractivity contribution in [2.24, 2.45) is 0 Å². The molecular formula is C17H19BrN2. The zero-order chi connectivity index (χ0) is 13.8. The highest BCUT2D eigenvalue weighted by atomic mass is 79.9. The Kier molecular flexibility index (Phi) is 4.48. The van der Waals surface area contributed by atoms with Crippen LogP contribution in [0.2, 0.25) is 0 Å². The third kappa shape index (κ3) is 3.47. The summed E-state index contributed by atoms with van der Waals surface area (Å²) in [6.45, 7) is 3.28. The van der Waals surface area contributed by atoms with E-state index in [4.69, 9.17) is 0 Å². The van der Waals surface area contributed by atoms with Gasteiger partial charge in [0.1, 0.15) is 0 Å². The third-order valence-electron chi connectivity index (χ3n) is 3.94. The van der Waals surface area contributed by atoms with Crippen molar-refractivity contribution in [2.45, 2.75) is 25.3 Å². The van der Waals surface area contributed by atoms with Gasteiger partial charge in [0.15, 0.2) is 0 Å². The first-order chi connectivity index (χ1) is 9.81. The lowest BCUT2D eigenvalue weighted by atomic mass is 9.90. The Hall–Kier alpha value is -1.19. The summed E-state index contributed by atoms with van der Waals surface area (Å²) in [5.41, 5.74) is 2.62. The largest absolute Gasteiger partial charge is 0.297 e. The molecule has 0 saturated carbocycles. The second-order valence-corrected chi connectivity index (χ2v) is 6.37. The van der Waals surface area contributed by atoms with E-state index in [2.05, 4.69) is 62.2 Å². The summed E-state index contributed by atoms with van der Waals surface area (Å²) in [7, 11) is 0. The van der Waals surface area contributed by atoms with Crippen LogP contribution in [-0.4, -0.2) is 23.0 Å². The number of aromatic nitrogens is 1. The summed E-state index contributed by atoms with van der Waals surface area (Å²) in [5, 5.41) is 0. The van der Waals surface area contributed by atoms with Gasteiger partial charge in [-0.05, 0) is 55.1 Å². The Bertz CT molecular complexity index is 556. The highest BCUT2D eigenvalue weighted by Crippen LogP contribution is 2.29. The van der Waals surface area contributed by atoms with Crippen molar-refractivity contribution in [2.75, 3.05) is 13.1 Å². The van der Waals surface area contributed by atoms with Crippen molar-refractivity contribution in [3.63, 3.8) is 0 Å². The van der Waals surface area contributed by atoms with Crippen molar-refractivity contribution in [1.82, 2.24) is 9.88 Å². The number of benzene rings is 1. The lowest BCUT2D eigenvalue weighted by Crippen LogP contribution is -2.34. The molecule has 1 aliphatic rings. The molecule has 1 saturated heterocycles. The van der Waals surface area contributed by atoms with Crippen LogP contribution in [0.3, 0.4) is 0 Å². The Morgan fingerprint density at radius 3 is 2.95 bits per heavy atom. The maximum Gasteiger partial charge on any atom is 0.0543 e. The first-order valence-corrected chi connectivity index (χ1v) is 7.98. The van der Waals surface area contributed by atoms with Crippen LogP contribution in [-0.2, 0) is 6.54 Å². The summed E-state index contributed by atoms with van der Waals surface area (Å²) in [6.07, 6.45) is 4.43. The number of hydrogen-bond acceptors (Lipinski definition) is 2. The van der Waals surface area contributed by atoms with Gasteiger partial charge < -0.3 is 0 Å². The maximum atomic E-state index is 4.44. The van der Waals surface area contributed by atoms with E-state index >= 15 is 0 Å². The number of hydrogen-bond donors (Lipinski definition) is 0. The van der Waals surface area contributed by atoms with Gasteiger partial charge in [0, 0.05) is 23.8 Å².